The zero-order valence-corrected chi connectivity index (χ0v) is 6.23. The Morgan fingerprint density at radius 3 is 1.78 bits per heavy atom. The van der Waals surface area contributed by atoms with E-state index in [1.165, 1.54) is 16.5 Å². The first-order valence-electron chi connectivity index (χ1n) is 3.23. The van der Waals surface area contributed by atoms with E-state index in [-0.39, 0.29) is 0 Å². The van der Waals surface area contributed by atoms with E-state index >= 15 is 0 Å². The van der Waals surface area contributed by atoms with Crippen molar-refractivity contribution in [3.05, 3.63) is 23.8 Å². The maximum absolute atomic E-state index is 2.19. The minimum absolute atomic E-state index is 1.35. The Hall–Kier alpha value is -0.650. The van der Waals surface area contributed by atoms with Gasteiger partial charge < -0.3 is 0 Å². The molecule has 0 bridgehead atoms. The smallest absolute Gasteiger partial charge is 0.0893 e. The Kier molecular flexibility index (Phi) is 1.65. The van der Waals surface area contributed by atoms with Crippen molar-refractivity contribution >= 4 is 26.6 Å². The molecule has 1 aromatic rings. The maximum atomic E-state index is 2.19. The summed E-state index contributed by atoms with van der Waals surface area (Å²) in [5, 5.41) is 0. The van der Waals surface area contributed by atoms with E-state index in [0.717, 1.165) is 0 Å². The van der Waals surface area contributed by atoms with E-state index in [9.17, 15) is 0 Å². The van der Waals surface area contributed by atoms with Gasteiger partial charge in [0.2, 0.25) is 0 Å². The van der Waals surface area contributed by atoms with Crippen molar-refractivity contribution in [3.63, 3.8) is 0 Å². The van der Waals surface area contributed by atoms with E-state index in [1.807, 2.05) is 0 Å². The first-order chi connectivity index (χ1) is 4.18. The van der Waals surface area contributed by atoms with E-state index in [1.54, 1.807) is 0 Å². The molecule has 0 N–H and O–H groups in total. The van der Waals surface area contributed by atoms with E-state index in [0.29, 0.717) is 0 Å². The van der Waals surface area contributed by atoms with Gasteiger partial charge in [-0.2, -0.15) is 0 Å². The molecule has 0 unspecified atom stereocenters. The van der Waals surface area contributed by atoms with Crippen LogP contribution in [0.2, 0.25) is 0 Å². The van der Waals surface area contributed by atoms with Crippen molar-refractivity contribution in [2.45, 2.75) is 6.92 Å². The normalized spacial score (nSPS) is 9.44. The molecule has 0 aromatic heterocycles. The molecule has 2 heteroatoms. The van der Waals surface area contributed by atoms with Crippen molar-refractivity contribution in [2.75, 3.05) is 0 Å². The average Bonchev–Trinajstić information content (AvgIpc) is 1.59. The van der Waals surface area contributed by atoms with Gasteiger partial charge in [-0.3, -0.25) is 0 Å². The zero-order chi connectivity index (χ0) is 6.85. The average molecular weight is 116 g/mol. The third-order valence-corrected chi connectivity index (χ3v) is 1.37. The fourth-order valence-corrected chi connectivity index (χ4v) is 1.20. The number of benzene rings is 1. The number of hydrogen-bond acceptors (Lipinski definition) is 0. The largest absolute Gasteiger partial charge is 0.139 e. The summed E-state index contributed by atoms with van der Waals surface area (Å²) in [6.45, 7) is 2.12. The van der Waals surface area contributed by atoms with Gasteiger partial charge in [0.25, 0.3) is 0 Å². The first-order valence-corrected chi connectivity index (χ1v) is 3.23. The summed E-state index contributed by atoms with van der Waals surface area (Å²) >= 11 is 0. The van der Waals surface area contributed by atoms with Gasteiger partial charge >= 0.3 is 0 Å². The van der Waals surface area contributed by atoms with Crippen LogP contribution in [0.25, 0.3) is 0 Å². The summed E-state index contributed by atoms with van der Waals surface area (Å²) in [6, 6.07) is 6.56. The maximum Gasteiger partial charge on any atom is 0.139 e. The van der Waals surface area contributed by atoms with Gasteiger partial charge in [0.1, 0.15) is 15.7 Å². The summed E-state index contributed by atoms with van der Waals surface area (Å²) in [6.07, 6.45) is 0. The predicted octanol–water partition coefficient (Wildman–Crippen LogP) is -1.49. The highest BCUT2D eigenvalue weighted by molar-refractivity contribution is 6.37. The van der Waals surface area contributed by atoms with Gasteiger partial charge in [-0.1, -0.05) is 34.7 Å². The zero-order valence-electron chi connectivity index (χ0n) is 6.23. The first kappa shape index (κ1) is 6.47. The van der Waals surface area contributed by atoms with Gasteiger partial charge in [0.05, 0.1) is 0 Å². The quantitative estimate of drug-likeness (QED) is 0.362. The van der Waals surface area contributed by atoms with Crippen LogP contribution in [0.4, 0.5) is 0 Å². The van der Waals surface area contributed by atoms with Gasteiger partial charge in [-0.15, -0.1) is 0 Å². The molecule has 0 fully saturated rings. The summed E-state index contributed by atoms with van der Waals surface area (Å²) < 4.78 is 0. The van der Waals surface area contributed by atoms with Crippen LogP contribution >= 0.6 is 0 Å². The Morgan fingerprint density at radius 1 is 1.00 bits per heavy atom. The summed E-state index contributed by atoms with van der Waals surface area (Å²) in [7, 11) is 4.25. The molecule has 0 amide bonds. The molecule has 0 spiro atoms. The molecule has 0 heterocycles. The van der Waals surface area contributed by atoms with Crippen LogP contribution in [0.15, 0.2) is 18.2 Å². The van der Waals surface area contributed by atoms with Gasteiger partial charge in [0, 0.05) is 0 Å². The molecule has 1 rings (SSSR count). The highest BCUT2D eigenvalue weighted by Crippen LogP contribution is 1.87. The molecule has 9 heavy (non-hydrogen) atoms. The Balaban J connectivity index is 3.17. The van der Waals surface area contributed by atoms with Gasteiger partial charge in [0.15, 0.2) is 0 Å². The molecule has 0 aliphatic carbocycles. The second kappa shape index (κ2) is 2.30. The molecule has 0 radical (unpaired) electrons. The summed E-state index contributed by atoms with van der Waals surface area (Å²) in [5.41, 5.74) is 4.06. The monoisotopic (exact) mass is 116 g/mol. The molecule has 0 atom stereocenters. The van der Waals surface area contributed by atoms with Gasteiger partial charge in [-0.05, 0) is 6.92 Å². The number of rotatable bonds is 0. The lowest BCUT2D eigenvalue weighted by Crippen LogP contribution is -2.13. The van der Waals surface area contributed by atoms with E-state index < -0.39 is 0 Å². The van der Waals surface area contributed by atoms with Crippen LogP contribution in [0, 0.1) is 6.92 Å². The predicted molar refractivity (Wildman–Crippen MR) is 47.5 cm³/mol. The molecule has 0 aliphatic rings. The van der Waals surface area contributed by atoms with Crippen LogP contribution in [-0.4, -0.2) is 15.7 Å². The third kappa shape index (κ3) is 1.63. The standard InChI is InChI=1S/C7H10B2/c1-5-2-6(8)4-7(9)3-5/h2-4H,8-9H2,1H3. The highest BCUT2D eigenvalue weighted by Gasteiger charge is 1.87. The third-order valence-electron chi connectivity index (χ3n) is 1.37. The lowest BCUT2D eigenvalue weighted by atomic mass is 9.86. The van der Waals surface area contributed by atoms with Crippen LogP contribution in [0.5, 0.6) is 0 Å². The van der Waals surface area contributed by atoms with Crippen LogP contribution in [0.3, 0.4) is 0 Å². The van der Waals surface area contributed by atoms with Crippen LogP contribution in [0.1, 0.15) is 5.56 Å². The number of aryl methyl sites for hydroxylation is 1. The highest BCUT2D eigenvalue weighted by atomic mass is 13.9. The molecule has 0 saturated carbocycles. The fraction of sp³-hybridized carbons (Fsp3) is 0.143. The molecule has 0 saturated heterocycles. The molecule has 0 nitrogen and oxygen atoms in total. The Labute approximate surface area is 58.1 Å². The van der Waals surface area contributed by atoms with Crippen LogP contribution in [-0.2, 0) is 0 Å². The van der Waals surface area contributed by atoms with Crippen molar-refractivity contribution < 1.29 is 0 Å². The lowest BCUT2D eigenvalue weighted by molar-refractivity contribution is 1.51. The summed E-state index contributed by atoms with van der Waals surface area (Å²) in [5.74, 6) is 0. The number of hydrogen-bond donors (Lipinski definition) is 0. The molecule has 1 aromatic carbocycles. The molecular weight excluding hydrogens is 106 g/mol. The summed E-state index contributed by atoms with van der Waals surface area (Å²) in [4.78, 5) is 0. The van der Waals surface area contributed by atoms with Crippen molar-refractivity contribution in [1.82, 2.24) is 0 Å². The van der Waals surface area contributed by atoms with E-state index in [4.69, 9.17) is 0 Å². The Morgan fingerprint density at radius 2 is 1.44 bits per heavy atom. The van der Waals surface area contributed by atoms with E-state index in [2.05, 4.69) is 40.8 Å². The SMILES string of the molecule is Bc1cc(B)cc(C)c1. The van der Waals surface area contributed by atoms with Crippen molar-refractivity contribution in [1.29, 1.82) is 0 Å². The van der Waals surface area contributed by atoms with Crippen molar-refractivity contribution in [2.24, 2.45) is 0 Å². The Bertz CT molecular complexity index is 168. The van der Waals surface area contributed by atoms with Crippen LogP contribution < -0.4 is 10.9 Å². The molecule has 0 aliphatic heterocycles. The molecule has 44 valence electrons. The fourth-order valence-electron chi connectivity index (χ4n) is 1.20. The second-order valence-corrected chi connectivity index (χ2v) is 2.67. The van der Waals surface area contributed by atoms with Crippen molar-refractivity contribution in [3.8, 4) is 0 Å². The minimum Gasteiger partial charge on any atom is -0.0893 e. The van der Waals surface area contributed by atoms with Gasteiger partial charge in [-0.25, -0.2) is 0 Å². The molecular formula is C7H10B2. The lowest BCUT2D eigenvalue weighted by Gasteiger charge is -1.97. The second-order valence-electron chi connectivity index (χ2n) is 2.67. The topological polar surface area (TPSA) is 0 Å². The minimum atomic E-state index is 1.35.